The smallest absolute Gasteiger partial charge is 0.193 e. The van der Waals surface area contributed by atoms with Gasteiger partial charge in [0.1, 0.15) is 0 Å². The molecule has 142 valence electrons. The van der Waals surface area contributed by atoms with Crippen LogP contribution in [-0.4, -0.2) is 57.5 Å². The zero-order valence-electron chi connectivity index (χ0n) is 15.1. The van der Waals surface area contributed by atoms with Crippen LogP contribution in [0.2, 0.25) is 0 Å². The average molecular weight is 479 g/mol. The van der Waals surface area contributed by atoms with Crippen LogP contribution in [0.25, 0.3) is 0 Å². The zero-order chi connectivity index (χ0) is 17.4. The predicted octanol–water partition coefficient (Wildman–Crippen LogP) is 2.57. The van der Waals surface area contributed by atoms with E-state index in [9.17, 15) is 8.42 Å². The van der Waals surface area contributed by atoms with E-state index in [-0.39, 0.29) is 35.5 Å². The summed E-state index contributed by atoms with van der Waals surface area (Å²) in [5.74, 6) is 1.88. The van der Waals surface area contributed by atoms with Crippen molar-refractivity contribution in [3.8, 4) is 0 Å². The number of aliphatic imine (C=N–C) groups is 1. The summed E-state index contributed by atoms with van der Waals surface area (Å²) >= 11 is 0. The van der Waals surface area contributed by atoms with E-state index < -0.39 is 9.84 Å². The summed E-state index contributed by atoms with van der Waals surface area (Å²) < 4.78 is 23.1. The van der Waals surface area contributed by atoms with Crippen LogP contribution >= 0.6 is 24.0 Å². The average Bonchev–Trinajstić information content (AvgIpc) is 2.60. The Morgan fingerprint density at radius 1 is 1.24 bits per heavy atom. The maximum atomic E-state index is 11.6. The summed E-state index contributed by atoms with van der Waals surface area (Å²) in [5, 5.41) is 3.19. The Labute approximate surface area is 169 Å². The number of hydrogen-bond acceptors (Lipinski definition) is 3. The van der Waals surface area contributed by atoms with Gasteiger partial charge in [0.15, 0.2) is 15.8 Å². The Balaban J connectivity index is 0.00000312. The molecule has 0 aliphatic carbocycles. The first kappa shape index (κ1) is 22.2. The van der Waals surface area contributed by atoms with Crippen molar-refractivity contribution in [1.29, 1.82) is 0 Å². The minimum Gasteiger partial charge on any atom is -0.355 e. The van der Waals surface area contributed by atoms with Gasteiger partial charge in [-0.1, -0.05) is 37.3 Å². The fourth-order valence-corrected chi connectivity index (χ4v) is 3.79. The van der Waals surface area contributed by atoms with E-state index in [1.807, 2.05) is 0 Å². The number of nitrogens with one attached hydrogen (secondary N) is 1. The summed E-state index contributed by atoms with van der Waals surface area (Å²) in [7, 11) is -1.18. The summed E-state index contributed by atoms with van der Waals surface area (Å²) in [5.41, 5.74) is 1.41. The van der Waals surface area contributed by atoms with Crippen molar-refractivity contribution in [2.24, 2.45) is 10.9 Å². The van der Waals surface area contributed by atoms with Gasteiger partial charge in [-0.2, -0.15) is 0 Å². The van der Waals surface area contributed by atoms with Crippen LogP contribution in [0.4, 0.5) is 0 Å². The van der Waals surface area contributed by atoms with Crippen LogP contribution < -0.4 is 5.32 Å². The Hall–Kier alpha value is -0.830. The van der Waals surface area contributed by atoms with Gasteiger partial charge in [0, 0.05) is 32.4 Å². The van der Waals surface area contributed by atoms with Gasteiger partial charge < -0.3 is 10.2 Å². The Bertz CT molecular complexity index is 627. The maximum Gasteiger partial charge on any atom is 0.193 e. The molecule has 2 rings (SSSR count). The molecule has 0 unspecified atom stereocenters. The molecule has 0 radical (unpaired) electrons. The van der Waals surface area contributed by atoms with E-state index in [0.717, 1.165) is 38.3 Å². The van der Waals surface area contributed by atoms with Gasteiger partial charge in [-0.15, -0.1) is 24.0 Å². The maximum absolute atomic E-state index is 11.6. The third-order valence-corrected chi connectivity index (χ3v) is 6.33. The molecule has 5 nitrogen and oxygen atoms in total. The lowest BCUT2D eigenvalue weighted by Crippen LogP contribution is -2.46. The van der Waals surface area contributed by atoms with Gasteiger partial charge in [0.05, 0.1) is 5.75 Å². The Morgan fingerprint density at radius 2 is 1.88 bits per heavy atom. The lowest BCUT2D eigenvalue weighted by atomic mass is 9.90. The Morgan fingerprint density at radius 3 is 2.44 bits per heavy atom. The molecule has 1 aromatic rings. The fourth-order valence-electron chi connectivity index (χ4n) is 3.09. The largest absolute Gasteiger partial charge is 0.355 e. The second-order valence-electron chi connectivity index (χ2n) is 6.33. The number of sulfone groups is 1. The zero-order valence-corrected chi connectivity index (χ0v) is 18.3. The van der Waals surface area contributed by atoms with Gasteiger partial charge >= 0.3 is 0 Å². The number of piperidine rings is 1. The number of nitrogens with zero attached hydrogens (tertiary/aromatic N) is 2. The highest BCUT2D eigenvalue weighted by atomic mass is 127. The van der Waals surface area contributed by atoms with E-state index in [1.165, 1.54) is 5.56 Å². The minimum atomic E-state index is -2.93. The van der Waals surface area contributed by atoms with Crippen molar-refractivity contribution in [3.05, 3.63) is 35.9 Å². The third-order valence-electron chi connectivity index (χ3n) is 4.63. The number of rotatable bonds is 6. The summed E-state index contributed by atoms with van der Waals surface area (Å²) in [6.45, 7) is 4.05. The van der Waals surface area contributed by atoms with Crippen molar-refractivity contribution in [2.75, 3.05) is 38.2 Å². The van der Waals surface area contributed by atoms with E-state index in [1.54, 1.807) is 14.0 Å². The quantitative estimate of drug-likeness (QED) is 0.387. The summed E-state index contributed by atoms with van der Waals surface area (Å²) in [6, 6.07) is 10.6. The first-order chi connectivity index (χ1) is 11.5. The van der Waals surface area contributed by atoms with Gasteiger partial charge in [0.2, 0.25) is 0 Å². The lowest BCUT2D eigenvalue weighted by Gasteiger charge is -2.34. The first-order valence-electron chi connectivity index (χ1n) is 8.74. The van der Waals surface area contributed by atoms with Crippen LogP contribution in [0.15, 0.2) is 35.3 Å². The molecule has 1 saturated heterocycles. The van der Waals surface area contributed by atoms with Gasteiger partial charge in [0.25, 0.3) is 0 Å². The van der Waals surface area contributed by atoms with Crippen molar-refractivity contribution in [3.63, 3.8) is 0 Å². The first-order valence-corrected chi connectivity index (χ1v) is 10.6. The van der Waals surface area contributed by atoms with Crippen molar-refractivity contribution < 1.29 is 8.42 Å². The third kappa shape index (κ3) is 7.52. The van der Waals surface area contributed by atoms with Crippen LogP contribution in [0.1, 0.15) is 25.3 Å². The lowest BCUT2D eigenvalue weighted by molar-refractivity contribution is 0.259. The van der Waals surface area contributed by atoms with Crippen LogP contribution in [0, 0.1) is 5.92 Å². The SMILES string of the molecule is CCS(=O)(=O)CCNC(=NC)N1CCC(Cc2ccccc2)CC1.I. The molecular weight excluding hydrogens is 449 g/mol. The van der Waals surface area contributed by atoms with Crippen molar-refractivity contribution >= 4 is 39.8 Å². The highest BCUT2D eigenvalue weighted by Gasteiger charge is 2.21. The second-order valence-corrected chi connectivity index (χ2v) is 8.80. The summed E-state index contributed by atoms with van der Waals surface area (Å²) in [4.78, 5) is 6.54. The molecule has 0 amide bonds. The second kappa shape index (κ2) is 11.0. The van der Waals surface area contributed by atoms with Crippen LogP contribution in [0.5, 0.6) is 0 Å². The molecule has 1 aromatic carbocycles. The molecule has 1 heterocycles. The topological polar surface area (TPSA) is 61.8 Å². The van der Waals surface area contributed by atoms with Crippen LogP contribution in [0.3, 0.4) is 0 Å². The number of likely N-dealkylation sites (tertiary alicyclic amines) is 1. The van der Waals surface area contributed by atoms with E-state index in [4.69, 9.17) is 0 Å². The predicted molar refractivity (Wildman–Crippen MR) is 116 cm³/mol. The fraction of sp³-hybridized carbons (Fsp3) is 0.611. The molecule has 1 N–H and O–H groups in total. The number of hydrogen-bond donors (Lipinski definition) is 1. The van der Waals surface area contributed by atoms with Gasteiger partial charge in [-0.05, 0) is 30.7 Å². The highest BCUT2D eigenvalue weighted by molar-refractivity contribution is 14.0. The standard InChI is InChI=1S/C18H29N3O2S.HI/c1-3-24(22,23)14-11-20-18(19-2)21-12-9-17(10-13-21)15-16-7-5-4-6-8-16;/h4-8,17H,3,9-15H2,1-2H3,(H,19,20);1H. The molecule has 0 saturated carbocycles. The van der Waals surface area contributed by atoms with E-state index in [2.05, 4.69) is 45.5 Å². The molecule has 0 bridgehead atoms. The number of halogens is 1. The van der Waals surface area contributed by atoms with E-state index >= 15 is 0 Å². The molecule has 25 heavy (non-hydrogen) atoms. The molecule has 7 heteroatoms. The number of benzene rings is 1. The molecule has 0 atom stereocenters. The molecule has 1 aliphatic rings. The van der Waals surface area contributed by atoms with Crippen molar-refractivity contribution in [2.45, 2.75) is 26.2 Å². The van der Waals surface area contributed by atoms with E-state index in [0.29, 0.717) is 12.5 Å². The van der Waals surface area contributed by atoms with Crippen LogP contribution in [-0.2, 0) is 16.3 Å². The molecule has 0 spiro atoms. The summed E-state index contributed by atoms with van der Waals surface area (Å²) in [6.07, 6.45) is 3.42. The minimum absolute atomic E-state index is 0. The monoisotopic (exact) mass is 479 g/mol. The molecular formula is C18H30IN3O2S. The molecule has 1 fully saturated rings. The molecule has 1 aliphatic heterocycles. The van der Waals surface area contributed by atoms with Gasteiger partial charge in [-0.3, -0.25) is 4.99 Å². The molecule has 0 aromatic heterocycles. The number of guanidine groups is 1. The highest BCUT2D eigenvalue weighted by Crippen LogP contribution is 2.21. The van der Waals surface area contributed by atoms with Crippen molar-refractivity contribution in [1.82, 2.24) is 10.2 Å². The normalized spacial score (nSPS) is 16.4. The van der Waals surface area contributed by atoms with Gasteiger partial charge in [-0.25, -0.2) is 8.42 Å². The Kier molecular flexibility index (Phi) is 9.78.